The number of hydrogen-bond donors (Lipinski definition) is 1. The average molecular weight is 198 g/mol. The molecule has 0 heterocycles. The molecule has 1 amide bonds. The van der Waals surface area contributed by atoms with E-state index in [1.807, 2.05) is 18.9 Å². The zero-order valence-electron chi connectivity index (χ0n) is 8.88. The summed E-state index contributed by atoms with van der Waals surface area (Å²) in [5.74, 6) is 0.354. The van der Waals surface area contributed by atoms with Gasteiger partial charge in [-0.2, -0.15) is 0 Å². The van der Waals surface area contributed by atoms with E-state index in [0.29, 0.717) is 31.7 Å². The van der Waals surface area contributed by atoms with Crippen molar-refractivity contribution in [2.24, 2.45) is 0 Å². The van der Waals surface area contributed by atoms with Gasteiger partial charge in [0.25, 0.3) is 0 Å². The van der Waals surface area contributed by atoms with Crippen molar-refractivity contribution in [3.63, 3.8) is 0 Å². The van der Waals surface area contributed by atoms with Gasteiger partial charge in [-0.3, -0.25) is 14.5 Å². The number of nitrogens with one attached hydrogen (secondary N) is 1. The van der Waals surface area contributed by atoms with Crippen LogP contribution in [0.15, 0.2) is 0 Å². The summed E-state index contributed by atoms with van der Waals surface area (Å²) >= 11 is 0. The van der Waals surface area contributed by atoms with E-state index in [1.54, 1.807) is 0 Å². The van der Waals surface area contributed by atoms with Crippen LogP contribution in [0.1, 0.15) is 26.2 Å². The molecule has 1 aliphatic rings. The van der Waals surface area contributed by atoms with Crippen LogP contribution in [-0.4, -0.2) is 42.8 Å². The molecule has 0 aromatic rings. The number of ketones is 1. The summed E-state index contributed by atoms with van der Waals surface area (Å²) in [6.07, 6.45) is 2.18. The van der Waals surface area contributed by atoms with Crippen molar-refractivity contribution in [2.75, 3.05) is 20.1 Å². The molecule has 4 nitrogen and oxygen atoms in total. The number of carbonyl (C=O) groups excluding carboxylic acids is 2. The molecule has 0 spiro atoms. The van der Waals surface area contributed by atoms with Gasteiger partial charge in [-0.05, 0) is 20.4 Å². The average Bonchev–Trinajstić information content (AvgIpc) is 2.52. The Balaban J connectivity index is 2.31. The fourth-order valence-electron chi connectivity index (χ4n) is 1.78. The molecule has 0 bridgehead atoms. The predicted molar refractivity (Wildman–Crippen MR) is 54.0 cm³/mol. The lowest BCUT2D eigenvalue weighted by molar-refractivity contribution is -0.123. The van der Waals surface area contributed by atoms with E-state index >= 15 is 0 Å². The van der Waals surface area contributed by atoms with Gasteiger partial charge in [-0.15, -0.1) is 0 Å². The number of carbonyl (C=O) groups is 2. The van der Waals surface area contributed by atoms with Crippen LogP contribution in [-0.2, 0) is 9.59 Å². The van der Waals surface area contributed by atoms with Crippen LogP contribution >= 0.6 is 0 Å². The van der Waals surface area contributed by atoms with Gasteiger partial charge in [0.1, 0.15) is 5.78 Å². The Morgan fingerprint density at radius 2 is 2.36 bits per heavy atom. The normalized spacial score (nSPS) is 21.6. The molecule has 0 aromatic heterocycles. The lowest BCUT2D eigenvalue weighted by Gasteiger charge is -2.22. The Morgan fingerprint density at radius 1 is 1.64 bits per heavy atom. The van der Waals surface area contributed by atoms with E-state index in [1.165, 1.54) is 0 Å². The molecule has 1 unspecified atom stereocenters. The second kappa shape index (κ2) is 5.10. The van der Waals surface area contributed by atoms with E-state index in [-0.39, 0.29) is 11.9 Å². The Kier molecular flexibility index (Phi) is 4.07. The van der Waals surface area contributed by atoms with Crippen molar-refractivity contribution in [2.45, 2.75) is 32.2 Å². The first kappa shape index (κ1) is 11.2. The summed E-state index contributed by atoms with van der Waals surface area (Å²) in [5.41, 5.74) is 0. The maximum Gasteiger partial charge on any atom is 0.234 e. The van der Waals surface area contributed by atoms with E-state index in [2.05, 4.69) is 5.32 Å². The van der Waals surface area contributed by atoms with E-state index in [9.17, 15) is 9.59 Å². The van der Waals surface area contributed by atoms with E-state index < -0.39 is 0 Å². The maximum atomic E-state index is 11.3. The van der Waals surface area contributed by atoms with Crippen molar-refractivity contribution in [1.29, 1.82) is 0 Å². The second-order valence-corrected chi connectivity index (χ2v) is 3.80. The maximum absolute atomic E-state index is 11.3. The highest BCUT2D eigenvalue weighted by molar-refractivity contribution is 5.81. The van der Waals surface area contributed by atoms with Crippen LogP contribution in [0.3, 0.4) is 0 Å². The second-order valence-electron chi connectivity index (χ2n) is 3.80. The van der Waals surface area contributed by atoms with E-state index in [4.69, 9.17) is 0 Å². The summed E-state index contributed by atoms with van der Waals surface area (Å²) in [6, 6.07) is 0.269. The molecule has 0 aromatic carbocycles. The minimum atomic E-state index is 0.0364. The van der Waals surface area contributed by atoms with Gasteiger partial charge in [-0.1, -0.05) is 0 Å². The van der Waals surface area contributed by atoms with Crippen LogP contribution < -0.4 is 5.32 Å². The molecular formula is C10H18N2O2. The Morgan fingerprint density at radius 3 is 2.86 bits per heavy atom. The molecule has 1 atom stereocenters. The third-order valence-electron chi connectivity index (χ3n) is 2.61. The third kappa shape index (κ3) is 3.10. The first-order valence-electron chi connectivity index (χ1n) is 5.12. The number of likely N-dealkylation sites (N-methyl/N-ethyl adjacent to an activating group) is 2. The lowest BCUT2D eigenvalue weighted by atomic mass is 10.2. The Hall–Kier alpha value is -0.900. The van der Waals surface area contributed by atoms with Crippen LogP contribution in [0.5, 0.6) is 0 Å². The molecule has 4 heteroatoms. The van der Waals surface area contributed by atoms with Gasteiger partial charge in [0, 0.05) is 25.4 Å². The Labute approximate surface area is 84.7 Å². The van der Waals surface area contributed by atoms with Gasteiger partial charge < -0.3 is 5.32 Å². The fourth-order valence-corrected chi connectivity index (χ4v) is 1.78. The molecule has 1 saturated carbocycles. The molecule has 14 heavy (non-hydrogen) atoms. The van der Waals surface area contributed by atoms with Crippen molar-refractivity contribution < 1.29 is 9.59 Å². The topological polar surface area (TPSA) is 49.4 Å². The zero-order valence-corrected chi connectivity index (χ0v) is 8.88. The minimum Gasteiger partial charge on any atom is -0.355 e. The molecule has 1 fully saturated rings. The largest absolute Gasteiger partial charge is 0.355 e. The van der Waals surface area contributed by atoms with Crippen LogP contribution in [0.25, 0.3) is 0 Å². The smallest absolute Gasteiger partial charge is 0.234 e. The monoisotopic (exact) mass is 198 g/mol. The Bertz CT molecular complexity index is 228. The summed E-state index contributed by atoms with van der Waals surface area (Å²) in [6.45, 7) is 2.96. The quantitative estimate of drug-likeness (QED) is 0.701. The van der Waals surface area contributed by atoms with Gasteiger partial charge in [0.2, 0.25) is 5.91 Å². The number of amides is 1. The molecule has 80 valence electrons. The SMILES string of the molecule is CCNC(=O)CN(C)C1CCC(=O)C1. The summed E-state index contributed by atoms with van der Waals surface area (Å²) < 4.78 is 0. The summed E-state index contributed by atoms with van der Waals surface area (Å²) in [5, 5.41) is 2.75. The third-order valence-corrected chi connectivity index (χ3v) is 2.61. The number of nitrogens with zero attached hydrogens (tertiary/aromatic N) is 1. The zero-order chi connectivity index (χ0) is 10.6. The molecule has 1 aliphatic carbocycles. The number of Topliss-reactive ketones (excluding diaryl/α,β-unsaturated/α-hetero) is 1. The van der Waals surface area contributed by atoms with Crippen LogP contribution in [0.4, 0.5) is 0 Å². The molecule has 0 aliphatic heterocycles. The summed E-state index contributed by atoms with van der Waals surface area (Å²) in [7, 11) is 1.90. The molecular weight excluding hydrogens is 180 g/mol. The number of hydrogen-bond acceptors (Lipinski definition) is 3. The van der Waals surface area contributed by atoms with Gasteiger partial charge in [0.15, 0.2) is 0 Å². The van der Waals surface area contributed by atoms with Crippen LogP contribution in [0.2, 0.25) is 0 Å². The first-order chi connectivity index (χ1) is 6.63. The first-order valence-corrected chi connectivity index (χ1v) is 5.12. The van der Waals surface area contributed by atoms with E-state index in [0.717, 1.165) is 6.42 Å². The van der Waals surface area contributed by atoms with Gasteiger partial charge in [-0.25, -0.2) is 0 Å². The van der Waals surface area contributed by atoms with Gasteiger partial charge >= 0.3 is 0 Å². The highest BCUT2D eigenvalue weighted by atomic mass is 16.2. The standard InChI is InChI=1S/C10H18N2O2/c1-3-11-10(14)7-12(2)8-4-5-9(13)6-8/h8H,3-7H2,1-2H3,(H,11,14). The van der Waals surface area contributed by atoms with Crippen molar-refractivity contribution >= 4 is 11.7 Å². The predicted octanol–water partition coefficient (Wildman–Crippen LogP) is 0.176. The van der Waals surface area contributed by atoms with Crippen molar-refractivity contribution in [3.05, 3.63) is 0 Å². The van der Waals surface area contributed by atoms with Crippen molar-refractivity contribution in [3.8, 4) is 0 Å². The highest BCUT2D eigenvalue weighted by Gasteiger charge is 2.26. The minimum absolute atomic E-state index is 0.0364. The molecule has 0 saturated heterocycles. The van der Waals surface area contributed by atoms with Gasteiger partial charge in [0.05, 0.1) is 6.54 Å². The summed E-state index contributed by atoms with van der Waals surface area (Å²) in [4.78, 5) is 24.3. The van der Waals surface area contributed by atoms with Crippen molar-refractivity contribution in [1.82, 2.24) is 10.2 Å². The molecule has 0 radical (unpaired) electrons. The van der Waals surface area contributed by atoms with Crippen LogP contribution in [0, 0.1) is 0 Å². The lowest BCUT2D eigenvalue weighted by Crippen LogP contribution is -2.39. The highest BCUT2D eigenvalue weighted by Crippen LogP contribution is 2.18. The number of rotatable bonds is 4. The molecule has 1 rings (SSSR count). The molecule has 1 N–H and O–H groups in total. The fraction of sp³-hybridized carbons (Fsp3) is 0.800.